The van der Waals surface area contributed by atoms with E-state index in [4.69, 9.17) is 16.9 Å². The molecule has 1 aromatic carbocycles. The topological polar surface area (TPSA) is 23.8 Å². The van der Waals surface area contributed by atoms with Gasteiger partial charge in [-0.2, -0.15) is 5.26 Å². The first-order valence-electron chi connectivity index (χ1n) is 3.01. The summed E-state index contributed by atoms with van der Waals surface area (Å²) < 4.78 is 1.09. The number of hydrogen-bond acceptors (Lipinski definition) is 1. The van der Waals surface area contributed by atoms with Crippen LogP contribution in [0.2, 0.25) is 5.02 Å². The maximum atomic E-state index is 8.60. The van der Waals surface area contributed by atoms with Crippen LogP contribution in [0.4, 0.5) is 0 Å². The Morgan fingerprint density at radius 1 is 1.55 bits per heavy atom. The van der Waals surface area contributed by atoms with Crippen molar-refractivity contribution in [3.05, 3.63) is 31.9 Å². The van der Waals surface area contributed by atoms with Crippen LogP contribution >= 0.6 is 34.2 Å². The molecule has 0 radical (unpaired) electrons. The van der Waals surface area contributed by atoms with Crippen LogP contribution in [-0.4, -0.2) is 0 Å². The Kier molecular flexibility index (Phi) is 2.74. The summed E-state index contributed by atoms with van der Waals surface area (Å²) in [5.74, 6) is 0. The minimum absolute atomic E-state index is 0.530. The third-order valence-corrected chi connectivity index (χ3v) is 2.84. The van der Waals surface area contributed by atoms with E-state index in [1.807, 2.05) is 13.0 Å². The molecule has 0 aliphatic heterocycles. The molecule has 0 aliphatic carbocycles. The maximum Gasteiger partial charge on any atom is 0.101 e. The van der Waals surface area contributed by atoms with Gasteiger partial charge in [-0.15, -0.1) is 0 Å². The summed E-state index contributed by atoms with van der Waals surface area (Å²) in [4.78, 5) is 0. The fraction of sp³-hybridized carbons (Fsp3) is 0.125. The van der Waals surface area contributed by atoms with Crippen LogP contribution in [0.1, 0.15) is 11.1 Å². The van der Waals surface area contributed by atoms with Crippen LogP contribution in [0.3, 0.4) is 0 Å². The van der Waals surface area contributed by atoms with Crippen molar-refractivity contribution in [2.24, 2.45) is 0 Å². The zero-order valence-electron chi connectivity index (χ0n) is 5.86. The van der Waals surface area contributed by atoms with Gasteiger partial charge in [0.05, 0.1) is 10.6 Å². The Morgan fingerprint density at radius 2 is 2.18 bits per heavy atom. The smallest absolute Gasteiger partial charge is 0.101 e. The van der Waals surface area contributed by atoms with E-state index in [0.29, 0.717) is 10.6 Å². The Morgan fingerprint density at radius 3 is 2.73 bits per heavy atom. The molecular weight excluding hydrogens is 272 g/mol. The molecule has 3 heteroatoms. The highest BCUT2D eigenvalue weighted by Gasteiger charge is 2.01. The highest BCUT2D eigenvalue weighted by atomic mass is 127. The molecular formula is C8H5ClIN. The summed E-state index contributed by atoms with van der Waals surface area (Å²) >= 11 is 7.96. The van der Waals surface area contributed by atoms with E-state index < -0.39 is 0 Å². The summed E-state index contributed by atoms with van der Waals surface area (Å²) in [6.07, 6.45) is 0. The fourth-order valence-corrected chi connectivity index (χ4v) is 1.60. The van der Waals surface area contributed by atoms with E-state index in [9.17, 15) is 0 Å². The second-order valence-electron chi connectivity index (χ2n) is 2.19. The normalized spacial score (nSPS) is 9.27. The Labute approximate surface area is 84.1 Å². The molecule has 1 aromatic rings. The van der Waals surface area contributed by atoms with Crippen molar-refractivity contribution in [3.63, 3.8) is 0 Å². The molecule has 0 fully saturated rings. The van der Waals surface area contributed by atoms with Crippen molar-refractivity contribution in [2.45, 2.75) is 6.92 Å². The summed E-state index contributed by atoms with van der Waals surface area (Å²) in [6, 6.07) is 5.63. The molecule has 0 spiro atoms. The van der Waals surface area contributed by atoms with E-state index in [0.717, 1.165) is 9.13 Å². The molecule has 1 nitrogen and oxygen atoms in total. The van der Waals surface area contributed by atoms with Gasteiger partial charge >= 0.3 is 0 Å². The predicted octanol–water partition coefficient (Wildman–Crippen LogP) is 3.12. The molecule has 11 heavy (non-hydrogen) atoms. The quantitative estimate of drug-likeness (QED) is 0.668. The first kappa shape index (κ1) is 8.82. The first-order valence-corrected chi connectivity index (χ1v) is 4.46. The zero-order chi connectivity index (χ0) is 8.43. The van der Waals surface area contributed by atoms with Crippen LogP contribution in [0.15, 0.2) is 12.1 Å². The predicted molar refractivity (Wildman–Crippen MR) is 53.6 cm³/mol. The minimum Gasteiger partial charge on any atom is -0.192 e. The van der Waals surface area contributed by atoms with Gasteiger partial charge in [-0.25, -0.2) is 0 Å². The van der Waals surface area contributed by atoms with Crippen molar-refractivity contribution in [2.75, 3.05) is 0 Å². The highest BCUT2D eigenvalue weighted by Crippen LogP contribution is 2.21. The SMILES string of the molecule is Cc1cc(C#N)c(Cl)cc1I. The molecule has 0 bridgehead atoms. The first-order chi connectivity index (χ1) is 5.15. The zero-order valence-corrected chi connectivity index (χ0v) is 8.77. The fourth-order valence-electron chi connectivity index (χ4n) is 0.743. The third kappa shape index (κ3) is 1.85. The summed E-state index contributed by atoms with van der Waals surface area (Å²) in [5, 5.41) is 9.13. The van der Waals surface area contributed by atoms with Crippen LogP contribution in [-0.2, 0) is 0 Å². The van der Waals surface area contributed by atoms with Gasteiger partial charge < -0.3 is 0 Å². The molecule has 0 N–H and O–H groups in total. The van der Waals surface area contributed by atoms with Gasteiger partial charge in [-0.3, -0.25) is 0 Å². The summed E-state index contributed by atoms with van der Waals surface area (Å²) in [7, 11) is 0. The molecule has 0 amide bonds. The molecule has 0 unspecified atom stereocenters. The monoisotopic (exact) mass is 277 g/mol. The van der Waals surface area contributed by atoms with Crippen molar-refractivity contribution >= 4 is 34.2 Å². The standard InChI is InChI=1S/C8H5ClIN/c1-5-2-6(4-11)7(9)3-8(5)10/h2-3H,1H3. The number of nitrogens with zero attached hydrogens (tertiary/aromatic N) is 1. The number of rotatable bonds is 0. The second-order valence-corrected chi connectivity index (χ2v) is 3.76. The number of aryl methyl sites for hydroxylation is 1. The van der Waals surface area contributed by atoms with E-state index in [1.165, 1.54) is 0 Å². The molecule has 56 valence electrons. The molecule has 0 aromatic heterocycles. The van der Waals surface area contributed by atoms with E-state index in [-0.39, 0.29) is 0 Å². The lowest BCUT2D eigenvalue weighted by molar-refractivity contribution is 1.39. The average Bonchev–Trinajstić information content (AvgIpc) is 1.97. The van der Waals surface area contributed by atoms with Crippen molar-refractivity contribution < 1.29 is 0 Å². The van der Waals surface area contributed by atoms with E-state index >= 15 is 0 Å². The van der Waals surface area contributed by atoms with E-state index in [2.05, 4.69) is 22.6 Å². The van der Waals surface area contributed by atoms with Crippen LogP contribution in [0.5, 0.6) is 0 Å². The number of hydrogen-bond donors (Lipinski definition) is 0. The minimum atomic E-state index is 0.530. The molecule has 0 aliphatic rings. The van der Waals surface area contributed by atoms with Gasteiger partial charge in [0.15, 0.2) is 0 Å². The summed E-state index contributed by atoms with van der Waals surface area (Å²) in [6.45, 7) is 1.96. The Balaban J connectivity index is 3.35. The summed E-state index contributed by atoms with van der Waals surface area (Å²) in [5.41, 5.74) is 1.64. The maximum absolute atomic E-state index is 8.60. The largest absolute Gasteiger partial charge is 0.192 e. The van der Waals surface area contributed by atoms with Crippen molar-refractivity contribution in [1.82, 2.24) is 0 Å². The van der Waals surface area contributed by atoms with Gasteiger partial charge in [0.25, 0.3) is 0 Å². The van der Waals surface area contributed by atoms with Gasteiger partial charge in [0, 0.05) is 3.57 Å². The van der Waals surface area contributed by atoms with Gasteiger partial charge in [0.2, 0.25) is 0 Å². The van der Waals surface area contributed by atoms with Crippen molar-refractivity contribution in [1.29, 1.82) is 5.26 Å². The van der Waals surface area contributed by atoms with Crippen LogP contribution in [0, 0.1) is 21.8 Å². The second kappa shape index (κ2) is 3.42. The lowest BCUT2D eigenvalue weighted by atomic mass is 10.2. The third-order valence-electron chi connectivity index (χ3n) is 1.37. The van der Waals surface area contributed by atoms with Gasteiger partial charge in [0.1, 0.15) is 6.07 Å². The van der Waals surface area contributed by atoms with Crippen LogP contribution in [0.25, 0.3) is 0 Å². The molecule has 0 saturated heterocycles. The average molecular weight is 277 g/mol. The lowest BCUT2D eigenvalue weighted by Crippen LogP contribution is -1.83. The van der Waals surface area contributed by atoms with Gasteiger partial charge in [-0.05, 0) is 47.2 Å². The van der Waals surface area contributed by atoms with Crippen molar-refractivity contribution in [3.8, 4) is 6.07 Å². The molecule has 0 atom stereocenters. The van der Waals surface area contributed by atoms with Gasteiger partial charge in [-0.1, -0.05) is 11.6 Å². The lowest BCUT2D eigenvalue weighted by Gasteiger charge is -1.99. The van der Waals surface area contributed by atoms with E-state index in [1.54, 1.807) is 12.1 Å². The number of halogens is 2. The number of nitriles is 1. The molecule has 0 heterocycles. The Hall–Kier alpha value is -0.270. The highest BCUT2D eigenvalue weighted by molar-refractivity contribution is 14.1. The Bertz CT molecular complexity index is 328. The van der Waals surface area contributed by atoms with Crippen LogP contribution < -0.4 is 0 Å². The molecule has 0 saturated carbocycles. The number of benzene rings is 1. The molecule has 1 rings (SSSR count).